The molecule has 1 fully saturated rings. The SMILES string of the molecule is CCNC(=O)[C@@H]1CC[C@H]1C=O. The van der Waals surface area contributed by atoms with Crippen LogP contribution in [0.25, 0.3) is 0 Å². The van der Waals surface area contributed by atoms with Crippen LogP contribution < -0.4 is 5.32 Å². The monoisotopic (exact) mass is 155 g/mol. The molecule has 2 atom stereocenters. The molecule has 0 aromatic heterocycles. The smallest absolute Gasteiger partial charge is 0.223 e. The van der Waals surface area contributed by atoms with Crippen molar-refractivity contribution in [2.24, 2.45) is 11.8 Å². The number of aldehydes is 1. The molecule has 3 nitrogen and oxygen atoms in total. The average molecular weight is 155 g/mol. The van der Waals surface area contributed by atoms with E-state index in [0.717, 1.165) is 19.1 Å². The minimum absolute atomic E-state index is 0.0125. The van der Waals surface area contributed by atoms with Gasteiger partial charge in [-0.1, -0.05) is 0 Å². The van der Waals surface area contributed by atoms with Crippen molar-refractivity contribution < 1.29 is 9.59 Å². The summed E-state index contributed by atoms with van der Waals surface area (Å²) in [6, 6.07) is 0. The van der Waals surface area contributed by atoms with Gasteiger partial charge in [0.2, 0.25) is 5.91 Å². The van der Waals surface area contributed by atoms with Gasteiger partial charge in [-0.25, -0.2) is 0 Å². The van der Waals surface area contributed by atoms with Gasteiger partial charge >= 0.3 is 0 Å². The lowest BCUT2D eigenvalue weighted by molar-refractivity contribution is -0.134. The summed E-state index contributed by atoms with van der Waals surface area (Å²) in [5.41, 5.74) is 0. The van der Waals surface area contributed by atoms with Gasteiger partial charge in [0.1, 0.15) is 6.29 Å². The standard InChI is InChI=1S/C8H13NO2/c1-2-9-8(11)7-4-3-6(7)5-10/h5-7H,2-4H2,1H3,(H,9,11)/t6-,7+/m0/s1. The van der Waals surface area contributed by atoms with Crippen LogP contribution in [0.1, 0.15) is 19.8 Å². The Morgan fingerprint density at radius 2 is 2.36 bits per heavy atom. The van der Waals surface area contributed by atoms with Crippen LogP contribution in [-0.4, -0.2) is 18.7 Å². The Balaban J connectivity index is 2.35. The molecule has 0 aliphatic heterocycles. The molecule has 0 heterocycles. The second kappa shape index (κ2) is 3.51. The molecule has 0 spiro atoms. The number of rotatable bonds is 3. The van der Waals surface area contributed by atoms with E-state index in [1.54, 1.807) is 0 Å². The van der Waals surface area contributed by atoms with E-state index in [1.165, 1.54) is 0 Å². The van der Waals surface area contributed by atoms with Crippen LogP contribution in [0.4, 0.5) is 0 Å². The predicted octanol–water partition coefficient (Wildman–Crippen LogP) is 0.348. The molecule has 0 radical (unpaired) electrons. The molecule has 11 heavy (non-hydrogen) atoms. The molecule has 1 saturated carbocycles. The van der Waals surface area contributed by atoms with Crippen LogP contribution in [-0.2, 0) is 9.59 Å². The van der Waals surface area contributed by atoms with Gasteiger partial charge in [-0.15, -0.1) is 0 Å². The zero-order valence-corrected chi connectivity index (χ0v) is 6.67. The second-order valence-corrected chi connectivity index (χ2v) is 2.88. The van der Waals surface area contributed by atoms with Crippen LogP contribution in [0.3, 0.4) is 0 Å². The van der Waals surface area contributed by atoms with Gasteiger partial charge in [-0.05, 0) is 19.8 Å². The van der Waals surface area contributed by atoms with E-state index in [1.807, 2.05) is 6.92 Å². The van der Waals surface area contributed by atoms with Crippen molar-refractivity contribution in [1.82, 2.24) is 5.32 Å². The highest BCUT2D eigenvalue weighted by atomic mass is 16.2. The lowest BCUT2D eigenvalue weighted by atomic mass is 9.74. The highest BCUT2D eigenvalue weighted by Gasteiger charge is 2.35. The van der Waals surface area contributed by atoms with Crippen LogP contribution >= 0.6 is 0 Å². The van der Waals surface area contributed by atoms with Crippen LogP contribution in [0.2, 0.25) is 0 Å². The highest BCUT2D eigenvalue weighted by molar-refractivity contribution is 5.83. The summed E-state index contributed by atoms with van der Waals surface area (Å²) in [7, 11) is 0. The maximum Gasteiger partial charge on any atom is 0.223 e. The van der Waals surface area contributed by atoms with Crippen LogP contribution in [0.15, 0.2) is 0 Å². The van der Waals surface area contributed by atoms with Crippen molar-refractivity contribution in [1.29, 1.82) is 0 Å². The fraction of sp³-hybridized carbons (Fsp3) is 0.750. The Morgan fingerprint density at radius 1 is 1.64 bits per heavy atom. The molecular weight excluding hydrogens is 142 g/mol. The maximum atomic E-state index is 11.1. The molecule has 0 unspecified atom stereocenters. The number of carbonyl (C=O) groups excluding carboxylic acids is 2. The third kappa shape index (κ3) is 1.59. The normalized spacial score (nSPS) is 28.8. The molecule has 62 valence electrons. The van der Waals surface area contributed by atoms with Crippen molar-refractivity contribution in [3.05, 3.63) is 0 Å². The first kappa shape index (κ1) is 8.24. The first-order valence-corrected chi connectivity index (χ1v) is 4.02. The topological polar surface area (TPSA) is 46.2 Å². The average Bonchev–Trinajstić information content (AvgIpc) is 1.86. The molecule has 1 amide bonds. The zero-order chi connectivity index (χ0) is 8.27. The van der Waals surface area contributed by atoms with E-state index in [2.05, 4.69) is 5.32 Å². The molecular formula is C8H13NO2. The van der Waals surface area contributed by atoms with Crippen molar-refractivity contribution in [3.8, 4) is 0 Å². The first-order chi connectivity index (χ1) is 5.29. The molecule has 1 rings (SSSR count). The fourth-order valence-corrected chi connectivity index (χ4v) is 1.32. The molecule has 3 heteroatoms. The Bertz CT molecular complexity index is 167. The fourth-order valence-electron chi connectivity index (χ4n) is 1.32. The molecule has 1 N–H and O–H groups in total. The van der Waals surface area contributed by atoms with Crippen molar-refractivity contribution in [2.45, 2.75) is 19.8 Å². The first-order valence-electron chi connectivity index (χ1n) is 4.02. The summed E-state index contributed by atoms with van der Waals surface area (Å²) in [6.07, 6.45) is 2.64. The van der Waals surface area contributed by atoms with Crippen molar-refractivity contribution in [2.75, 3.05) is 6.54 Å². The van der Waals surface area contributed by atoms with Gasteiger partial charge in [-0.3, -0.25) is 4.79 Å². The summed E-state index contributed by atoms with van der Waals surface area (Å²) >= 11 is 0. The van der Waals surface area contributed by atoms with Gasteiger partial charge in [-0.2, -0.15) is 0 Å². The van der Waals surface area contributed by atoms with E-state index in [9.17, 15) is 9.59 Å². The zero-order valence-electron chi connectivity index (χ0n) is 6.67. The molecule has 1 aliphatic rings. The quantitative estimate of drug-likeness (QED) is 0.598. The lowest BCUT2D eigenvalue weighted by Crippen LogP contribution is -2.41. The largest absolute Gasteiger partial charge is 0.356 e. The van der Waals surface area contributed by atoms with Gasteiger partial charge < -0.3 is 10.1 Å². The highest BCUT2D eigenvalue weighted by Crippen LogP contribution is 2.32. The number of nitrogens with one attached hydrogen (secondary N) is 1. The number of amides is 1. The molecule has 0 aromatic rings. The Labute approximate surface area is 66.2 Å². The third-order valence-corrected chi connectivity index (χ3v) is 2.19. The minimum atomic E-state index is -0.0348. The summed E-state index contributed by atoms with van der Waals surface area (Å²) in [5, 5.41) is 2.71. The van der Waals surface area contributed by atoms with Crippen molar-refractivity contribution in [3.63, 3.8) is 0 Å². The number of carbonyl (C=O) groups is 2. The third-order valence-electron chi connectivity index (χ3n) is 2.19. The Kier molecular flexibility index (Phi) is 2.63. The van der Waals surface area contributed by atoms with Gasteiger partial charge in [0.15, 0.2) is 0 Å². The molecule has 0 aromatic carbocycles. The van der Waals surface area contributed by atoms with E-state index in [4.69, 9.17) is 0 Å². The van der Waals surface area contributed by atoms with E-state index < -0.39 is 0 Å². The van der Waals surface area contributed by atoms with Crippen LogP contribution in [0, 0.1) is 11.8 Å². The molecule has 0 saturated heterocycles. The molecule has 1 aliphatic carbocycles. The summed E-state index contributed by atoms with van der Waals surface area (Å²) in [4.78, 5) is 21.5. The van der Waals surface area contributed by atoms with Crippen molar-refractivity contribution >= 4 is 12.2 Å². The van der Waals surface area contributed by atoms with Gasteiger partial charge in [0.05, 0.1) is 0 Å². The second-order valence-electron chi connectivity index (χ2n) is 2.88. The van der Waals surface area contributed by atoms with E-state index in [-0.39, 0.29) is 17.7 Å². The summed E-state index contributed by atoms with van der Waals surface area (Å²) in [5.74, 6) is -0.00940. The number of hydrogen-bond acceptors (Lipinski definition) is 2. The van der Waals surface area contributed by atoms with E-state index >= 15 is 0 Å². The Hall–Kier alpha value is -0.860. The number of hydrogen-bond donors (Lipinski definition) is 1. The minimum Gasteiger partial charge on any atom is -0.356 e. The summed E-state index contributed by atoms with van der Waals surface area (Å²) < 4.78 is 0. The van der Waals surface area contributed by atoms with E-state index in [0.29, 0.717) is 6.54 Å². The Morgan fingerprint density at radius 3 is 2.73 bits per heavy atom. The summed E-state index contributed by atoms with van der Waals surface area (Å²) in [6.45, 7) is 2.54. The van der Waals surface area contributed by atoms with Gasteiger partial charge in [0, 0.05) is 18.4 Å². The molecule has 0 bridgehead atoms. The van der Waals surface area contributed by atoms with Gasteiger partial charge in [0.25, 0.3) is 0 Å². The predicted molar refractivity (Wildman–Crippen MR) is 41.0 cm³/mol. The van der Waals surface area contributed by atoms with Crippen LogP contribution in [0.5, 0.6) is 0 Å². The lowest BCUT2D eigenvalue weighted by Gasteiger charge is -2.30. The maximum absolute atomic E-state index is 11.1.